The van der Waals surface area contributed by atoms with Crippen LogP contribution in [0.25, 0.3) is 5.76 Å². The summed E-state index contributed by atoms with van der Waals surface area (Å²) in [6.07, 6.45) is 1.61. The van der Waals surface area contributed by atoms with Gasteiger partial charge >= 0.3 is 0 Å². The third-order valence-corrected chi connectivity index (χ3v) is 5.59. The summed E-state index contributed by atoms with van der Waals surface area (Å²) in [4.78, 5) is 27.4. The van der Waals surface area contributed by atoms with Gasteiger partial charge in [0.25, 0.3) is 11.7 Å². The molecule has 0 aromatic heterocycles. The number of likely N-dealkylation sites (tertiary alicyclic amines) is 1. The van der Waals surface area contributed by atoms with Crippen LogP contribution in [0, 0.1) is 13.8 Å². The Morgan fingerprint density at radius 2 is 1.77 bits per heavy atom. The molecule has 1 N–H and O–H groups in total. The van der Waals surface area contributed by atoms with Crippen LogP contribution in [0.1, 0.15) is 54.1 Å². The van der Waals surface area contributed by atoms with Crippen molar-refractivity contribution >= 4 is 17.4 Å². The van der Waals surface area contributed by atoms with E-state index in [4.69, 9.17) is 4.74 Å². The van der Waals surface area contributed by atoms with Crippen LogP contribution in [0.4, 0.5) is 0 Å². The molecule has 0 bridgehead atoms. The predicted molar refractivity (Wildman–Crippen MR) is 118 cm³/mol. The van der Waals surface area contributed by atoms with E-state index in [0.29, 0.717) is 24.3 Å². The van der Waals surface area contributed by atoms with Crippen LogP contribution in [0.5, 0.6) is 5.75 Å². The molecule has 2 aromatic rings. The number of aliphatic hydroxyl groups excluding tert-OH is 1. The van der Waals surface area contributed by atoms with E-state index in [1.54, 1.807) is 11.0 Å². The molecule has 1 fully saturated rings. The molecular formula is C25H29NO4. The van der Waals surface area contributed by atoms with E-state index in [2.05, 4.69) is 6.92 Å². The van der Waals surface area contributed by atoms with Crippen LogP contribution in [0.3, 0.4) is 0 Å². The van der Waals surface area contributed by atoms with Gasteiger partial charge in [-0.2, -0.15) is 0 Å². The zero-order valence-corrected chi connectivity index (χ0v) is 18.3. The van der Waals surface area contributed by atoms with E-state index in [1.807, 2.05) is 51.1 Å². The first kappa shape index (κ1) is 21.6. The van der Waals surface area contributed by atoms with Gasteiger partial charge in [0.05, 0.1) is 24.3 Å². The molecule has 30 heavy (non-hydrogen) atoms. The second-order valence-electron chi connectivity index (χ2n) is 7.75. The Hall–Kier alpha value is -3.08. The summed E-state index contributed by atoms with van der Waals surface area (Å²) in [7, 11) is 1.53. The first-order valence-corrected chi connectivity index (χ1v) is 10.4. The van der Waals surface area contributed by atoms with E-state index in [1.165, 1.54) is 12.7 Å². The normalized spacial score (nSPS) is 18.2. The Morgan fingerprint density at radius 1 is 1.10 bits per heavy atom. The van der Waals surface area contributed by atoms with Crippen LogP contribution in [-0.2, 0) is 16.0 Å². The van der Waals surface area contributed by atoms with Crippen molar-refractivity contribution in [2.75, 3.05) is 13.7 Å². The Kier molecular flexibility index (Phi) is 6.30. The fraction of sp³-hybridized carbons (Fsp3) is 0.360. The summed E-state index contributed by atoms with van der Waals surface area (Å²) in [5.74, 6) is -0.932. The van der Waals surface area contributed by atoms with Gasteiger partial charge in [-0.15, -0.1) is 0 Å². The Balaban J connectivity index is 2.25. The fourth-order valence-corrected chi connectivity index (χ4v) is 4.18. The van der Waals surface area contributed by atoms with Gasteiger partial charge in [0.15, 0.2) is 0 Å². The van der Waals surface area contributed by atoms with Gasteiger partial charge in [-0.25, -0.2) is 0 Å². The fourth-order valence-electron chi connectivity index (χ4n) is 4.18. The highest BCUT2D eigenvalue weighted by Gasteiger charge is 2.45. The molecule has 5 heteroatoms. The van der Waals surface area contributed by atoms with Gasteiger partial charge in [0, 0.05) is 6.54 Å². The van der Waals surface area contributed by atoms with Crippen molar-refractivity contribution in [1.82, 2.24) is 4.90 Å². The smallest absolute Gasteiger partial charge is 0.295 e. The van der Waals surface area contributed by atoms with E-state index < -0.39 is 17.7 Å². The lowest BCUT2D eigenvalue weighted by Crippen LogP contribution is -2.30. The van der Waals surface area contributed by atoms with Gasteiger partial charge in [-0.3, -0.25) is 9.59 Å². The molecule has 1 aliphatic heterocycles. The molecule has 5 nitrogen and oxygen atoms in total. The molecular weight excluding hydrogens is 378 g/mol. The first-order chi connectivity index (χ1) is 14.3. The van der Waals surface area contributed by atoms with E-state index in [0.717, 1.165) is 23.1 Å². The first-order valence-electron chi connectivity index (χ1n) is 10.4. The molecule has 0 spiro atoms. The molecule has 2 aromatic carbocycles. The predicted octanol–water partition coefficient (Wildman–Crippen LogP) is 4.71. The van der Waals surface area contributed by atoms with Crippen LogP contribution < -0.4 is 4.74 Å². The third-order valence-electron chi connectivity index (χ3n) is 5.59. The standard InChI is InChI=1S/C25H29NO4/c1-6-12-26-21(18-10-8-17(7-2)9-11-18)20(23(28)25(26)29)22(27)19-14-15(3)13-16(4)24(19)30-5/h8-11,13-14,21,27H,6-7,12H2,1-5H3/b22-20+. The van der Waals surface area contributed by atoms with E-state index in [9.17, 15) is 14.7 Å². The van der Waals surface area contributed by atoms with Gasteiger partial charge in [-0.1, -0.05) is 44.2 Å². The molecule has 1 saturated heterocycles. The number of rotatable bonds is 6. The topological polar surface area (TPSA) is 66.8 Å². The lowest BCUT2D eigenvalue weighted by atomic mass is 9.93. The van der Waals surface area contributed by atoms with Gasteiger partial charge in [-0.05, 0) is 55.0 Å². The second kappa shape index (κ2) is 8.74. The maximum atomic E-state index is 13.0. The zero-order valence-electron chi connectivity index (χ0n) is 18.3. The SMILES string of the molecule is CCCN1C(=O)C(=O)/C(=C(/O)c2cc(C)cc(C)c2OC)C1c1ccc(CC)cc1. The molecule has 1 unspecified atom stereocenters. The van der Waals surface area contributed by atoms with E-state index >= 15 is 0 Å². The maximum absolute atomic E-state index is 13.0. The number of methoxy groups -OCH3 is 1. The van der Waals surface area contributed by atoms with Crippen LogP contribution >= 0.6 is 0 Å². The number of carbonyl (C=O) groups excluding carboxylic acids is 2. The molecule has 0 radical (unpaired) electrons. The average Bonchev–Trinajstić information content (AvgIpc) is 2.98. The zero-order chi connectivity index (χ0) is 22.0. The number of hydrogen-bond acceptors (Lipinski definition) is 4. The number of aliphatic hydroxyl groups is 1. The minimum atomic E-state index is -0.660. The summed E-state index contributed by atoms with van der Waals surface area (Å²) in [6.45, 7) is 8.28. The quantitative estimate of drug-likeness (QED) is 0.428. The summed E-state index contributed by atoms with van der Waals surface area (Å²) in [5.41, 5.74) is 4.31. The number of ether oxygens (including phenoxy) is 1. The lowest BCUT2D eigenvalue weighted by molar-refractivity contribution is -0.139. The lowest BCUT2D eigenvalue weighted by Gasteiger charge is -2.25. The number of ketones is 1. The molecule has 0 saturated carbocycles. The van der Waals surface area contributed by atoms with Crippen molar-refractivity contribution in [1.29, 1.82) is 0 Å². The largest absolute Gasteiger partial charge is 0.507 e. The summed E-state index contributed by atoms with van der Waals surface area (Å²) in [5, 5.41) is 11.3. The molecule has 1 amide bonds. The monoisotopic (exact) mass is 407 g/mol. The van der Waals surface area contributed by atoms with Gasteiger partial charge in [0.2, 0.25) is 0 Å². The number of amides is 1. The third kappa shape index (κ3) is 3.72. The maximum Gasteiger partial charge on any atom is 0.295 e. The molecule has 1 aliphatic rings. The molecule has 1 heterocycles. The number of hydrogen-bond donors (Lipinski definition) is 1. The van der Waals surface area contributed by atoms with Crippen molar-refractivity contribution in [2.45, 2.75) is 46.6 Å². The molecule has 0 aliphatic carbocycles. The van der Waals surface area contributed by atoms with Crippen molar-refractivity contribution in [3.63, 3.8) is 0 Å². The Bertz CT molecular complexity index is 1000. The Labute approximate surface area is 178 Å². The molecule has 158 valence electrons. The summed E-state index contributed by atoms with van der Waals surface area (Å²) >= 11 is 0. The minimum absolute atomic E-state index is 0.112. The number of aryl methyl sites for hydroxylation is 3. The van der Waals surface area contributed by atoms with Crippen LogP contribution in [0.2, 0.25) is 0 Å². The Morgan fingerprint density at radius 3 is 2.33 bits per heavy atom. The van der Waals surface area contributed by atoms with Crippen molar-refractivity contribution in [3.05, 3.63) is 69.8 Å². The highest BCUT2D eigenvalue weighted by atomic mass is 16.5. The van der Waals surface area contributed by atoms with Crippen molar-refractivity contribution in [3.8, 4) is 5.75 Å². The average molecular weight is 408 g/mol. The highest BCUT2D eigenvalue weighted by Crippen LogP contribution is 2.41. The van der Waals surface area contributed by atoms with Crippen LogP contribution in [-0.4, -0.2) is 35.4 Å². The number of Topliss-reactive ketones (excluding diaryl/α,β-unsaturated/α-hetero) is 1. The minimum Gasteiger partial charge on any atom is -0.507 e. The summed E-state index contributed by atoms with van der Waals surface area (Å²) in [6, 6.07) is 11.0. The molecule has 1 atom stereocenters. The second-order valence-corrected chi connectivity index (χ2v) is 7.75. The molecule has 3 rings (SSSR count). The number of nitrogens with zero attached hydrogens (tertiary/aromatic N) is 1. The van der Waals surface area contributed by atoms with Gasteiger partial charge < -0.3 is 14.7 Å². The van der Waals surface area contributed by atoms with Crippen molar-refractivity contribution < 1.29 is 19.4 Å². The number of carbonyl (C=O) groups is 2. The number of benzene rings is 2. The van der Waals surface area contributed by atoms with Gasteiger partial charge in [0.1, 0.15) is 11.5 Å². The van der Waals surface area contributed by atoms with Crippen LogP contribution in [0.15, 0.2) is 42.0 Å². The van der Waals surface area contributed by atoms with Crippen molar-refractivity contribution in [2.24, 2.45) is 0 Å². The van der Waals surface area contributed by atoms with E-state index in [-0.39, 0.29) is 11.3 Å². The highest BCUT2D eigenvalue weighted by molar-refractivity contribution is 6.46. The summed E-state index contributed by atoms with van der Waals surface area (Å²) < 4.78 is 5.52.